The van der Waals surface area contributed by atoms with Crippen LogP contribution in [0, 0.1) is 0 Å². The molecule has 1 saturated heterocycles. The van der Waals surface area contributed by atoms with Crippen LogP contribution in [0.2, 0.25) is 5.02 Å². The normalized spacial score (nSPS) is 19.6. The maximum absolute atomic E-state index is 12.2. The van der Waals surface area contributed by atoms with Gasteiger partial charge in [0.15, 0.2) is 0 Å². The Balaban J connectivity index is 0.00000144. The van der Waals surface area contributed by atoms with Gasteiger partial charge in [0.25, 0.3) is 5.91 Å². The molecule has 1 aliphatic rings. The number of rotatable bonds is 1. The standard InChI is InChI=1S/C12H15ClN2O.ClH/c1-9-8-14-6-7-15(9)12(16)10-4-2-3-5-11(10)13;/h2-5,9,14H,6-8H2,1H3;1H. The van der Waals surface area contributed by atoms with Crippen molar-refractivity contribution in [3.8, 4) is 0 Å². The minimum absolute atomic E-state index is 0. The second-order valence-corrected chi connectivity index (χ2v) is 4.44. The third kappa shape index (κ3) is 3.12. The predicted octanol–water partition coefficient (Wildman–Crippen LogP) is 2.20. The Kier molecular flexibility index (Phi) is 5.25. The highest BCUT2D eigenvalue weighted by Gasteiger charge is 2.24. The number of hydrogen-bond acceptors (Lipinski definition) is 2. The fourth-order valence-corrected chi connectivity index (χ4v) is 2.15. The molecule has 1 aliphatic heterocycles. The van der Waals surface area contributed by atoms with E-state index in [0.29, 0.717) is 10.6 Å². The van der Waals surface area contributed by atoms with Gasteiger partial charge in [-0.1, -0.05) is 23.7 Å². The summed E-state index contributed by atoms with van der Waals surface area (Å²) in [6.45, 7) is 4.48. The van der Waals surface area contributed by atoms with E-state index in [-0.39, 0.29) is 24.4 Å². The van der Waals surface area contributed by atoms with E-state index < -0.39 is 0 Å². The Bertz CT molecular complexity index is 398. The van der Waals surface area contributed by atoms with Crippen LogP contribution in [0.1, 0.15) is 17.3 Å². The summed E-state index contributed by atoms with van der Waals surface area (Å²) in [5, 5.41) is 3.78. The average molecular weight is 275 g/mol. The predicted molar refractivity (Wildman–Crippen MR) is 72.1 cm³/mol. The van der Waals surface area contributed by atoms with Gasteiger partial charge in [-0.15, -0.1) is 12.4 Å². The zero-order valence-electron chi connectivity index (χ0n) is 9.65. The molecule has 94 valence electrons. The molecule has 1 N–H and O–H groups in total. The minimum atomic E-state index is 0. The van der Waals surface area contributed by atoms with Crippen molar-refractivity contribution in [3.63, 3.8) is 0 Å². The molecule has 0 radical (unpaired) electrons. The van der Waals surface area contributed by atoms with Gasteiger partial charge in [-0.3, -0.25) is 4.79 Å². The van der Waals surface area contributed by atoms with Gasteiger partial charge in [0, 0.05) is 25.7 Å². The van der Waals surface area contributed by atoms with Crippen LogP contribution in [0.3, 0.4) is 0 Å². The van der Waals surface area contributed by atoms with Crippen molar-refractivity contribution in [2.45, 2.75) is 13.0 Å². The molecule has 2 rings (SSSR count). The van der Waals surface area contributed by atoms with Crippen molar-refractivity contribution in [2.75, 3.05) is 19.6 Å². The van der Waals surface area contributed by atoms with Crippen molar-refractivity contribution in [1.29, 1.82) is 0 Å². The summed E-state index contributed by atoms with van der Waals surface area (Å²) in [6.07, 6.45) is 0. The van der Waals surface area contributed by atoms with Crippen LogP contribution in [0.25, 0.3) is 0 Å². The summed E-state index contributed by atoms with van der Waals surface area (Å²) in [7, 11) is 0. The number of carbonyl (C=O) groups excluding carboxylic acids is 1. The van der Waals surface area contributed by atoms with Crippen LogP contribution in [0.5, 0.6) is 0 Å². The van der Waals surface area contributed by atoms with E-state index in [4.69, 9.17) is 11.6 Å². The van der Waals surface area contributed by atoms with E-state index in [9.17, 15) is 4.79 Å². The van der Waals surface area contributed by atoms with Gasteiger partial charge in [-0.25, -0.2) is 0 Å². The Morgan fingerprint density at radius 1 is 1.47 bits per heavy atom. The van der Waals surface area contributed by atoms with E-state index in [0.717, 1.165) is 19.6 Å². The van der Waals surface area contributed by atoms with Crippen LogP contribution in [-0.4, -0.2) is 36.5 Å². The maximum Gasteiger partial charge on any atom is 0.255 e. The quantitative estimate of drug-likeness (QED) is 0.852. The number of nitrogens with zero attached hydrogens (tertiary/aromatic N) is 1. The fourth-order valence-electron chi connectivity index (χ4n) is 1.93. The number of amides is 1. The summed E-state index contributed by atoms with van der Waals surface area (Å²) in [5.74, 6) is 0.0274. The van der Waals surface area contributed by atoms with Gasteiger partial charge < -0.3 is 10.2 Å². The molecule has 5 heteroatoms. The van der Waals surface area contributed by atoms with Crippen molar-refractivity contribution in [1.82, 2.24) is 10.2 Å². The topological polar surface area (TPSA) is 32.3 Å². The minimum Gasteiger partial charge on any atom is -0.333 e. The lowest BCUT2D eigenvalue weighted by atomic mass is 10.1. The Morgan fingerprint density at radius 2 is 2.18 bits per heavy atom. The van der Waals surface area contributed by atoms with Crippen molar-refractivity contribution in [2.24, 2.45) is 0 Å². The van der Waals surface area contributed by atoms with Gasteiger partial charge in [0.05, 0.1) is 10.6 Å². The van der Waals surface area contributed by atoms with Crippen molar-refractivity contribution < 1.29 is 4.79 Å². The fraction of sp³-hybridized carbons (Fsp3) is 0.417. The van der Waals surface area contributed by atoms with Crippen LogP contribution >= 0.6 is 24.0 Å². The van der Waals surface area contributed by atoms with Crippen LogP contribution in [0.15, 0.2) is 24.3 Å². The molecule has 1 aromatic carbocycles. The third-order valence-electron chi connectivity index (χ3n) is 2.87. The second-order valence-electron chi connectivity index (χ2n) is 4.03. The summed E-state index contributed by atoms with van der Waals surface area (Å²) in [6, 6.07) is 7.42. The molecule has 0 aromatic heterocycles. The highest BCUT2D eigenvalue weighted by atomic mass is 35.5. The summed E-state index contributed by atoms with van der Waals surface area (Å²) in [4.78, 5) is 14.1. The second kappa shape index (κ2) is 6.24. The third-order valence-corrected chi connectivity index (χ3v) is 3.20. The highest BCUT2D eigenvalue weighted by molar-refractivity contribution is 6.33. The van der Waals surface area contributed by atoms with E-state index >= 15 is 0 Å². The number of piperazine rings is 1. The first-order valence-corrected chi connectivity index (χ1v) is 5.84. The molecule has 1 heterocycles. The molecule has 0 spiro atoms. The van der Waals surface area contributed by atoms with E-state index in [1.807, 2.05) is 24.0 Å². The van der Waals surface area contributed by atoms with Crippen LogP contribution in [0.4, 0.5) is 0 Å². The molecule has 1 aromatic rings. The number of hydrogen-bond donors (Lipinski definition) is 1. The smallest absolute Gasteiger partial charge is 0.255 e. The molecule has 1 atom stereocenters. The first-order chi connectivity index (χ1) is 7.70. The molecule has 0 aliphatic carbocycles. The maximum atomic E-state index is 12.2. The molecule has 3 nitrogen and oxygen atoms in total. The summed E-state index contributed by atoms with van der Waals surface area (Å²) < 4.78 is 0. The zero-order valence-corrected chi connectivity index (χ0v) is 11.2. The van der Waals surface area contributed by atoms with Crippen LogP contribution in [-0.2, 0) is 0 Å². The van der Waals surface area contributed by atoms with E-state index in [2.05, 4.69) is 5.32 Å². The van der Waals surface area contributed by atoms with Gasteiger partial charge in [0.1, 0.15) is 0 Å². The van der Waals surface area contributed by atoms with E-state index in [1.54, 1.807) is 12.1 Å². The zero-order chi connectivity index (χ0) is 11.5. The molecule has 1 fully saturated rings. The lowest BCUT2D eigenvalue weighted by molar-refractivity contribution is 0.0656. The number of benzene rings is 1. The summed E-state index contributed by atoms with van der Waals surface area (Å²) in [5.41, 5.74) is 0.595. The Hall–Kier alpha value is -0.770. The SMILES string of the molecule is CC1CNCCN1C(=O)c1ccccc1Cl.Cl. The Morgan fingerprint density at radius 3 is 2.82 bits per heavy atom. The molecular weight excluding hydrogens is 259 g/mol. The Labute approximate surface area is 113 Å². The monoisotopic (exact) mass is 274 g/mol. The lowest BCUT2D eigenvalue weighted by Crippen LogP contribution is -2.52. The lowest BCUT2D eigenvalue weighted by Gasteiger charge is -2.34. The molecule has 0 saturated carbocycles. The van der Waals surface area contributed by atoms with Crippen LogP contribution < -0.4 is 5.32 Å². The first-order valence-electron chi connectivity index (χ1n) is 5.46. The molecule has 1 unspecified atom stereocenters. The van der Waals surface area contributed by atoms with Gasteiger partial charge >= 0.3 is 0 Å². The molecule has 0 bridgehead atoms. The molecular formula is C12H16Cl2N2O. The average Bonchev–Trinajstić information content (AvgIpc) is 2.29. The van der Waals surface area contributed by atoms with Gasteiger partial charge in [0.2, 0.25) is 0 Å². The number of nitrogens with one attached hydrogen (secondary N) is 1. The first kappa shape index (κ1) is 14.3. The van der Waals surface area contributed by atoms with Gasteiger partial charge in [-0.05, 0) is 19.1 Å². The summed E-state index contributed by atoms with van der Waals surface area (Å²) >= 11 is 6.02. The van der Waals surface area contributed by atoms with Crippen molar-refractivity contribution >= 4 is 29.9 Å². The highest BCUT2D eigenvalue weighted by Crippen LogP contribution is 2.18. The number of halogens is 2. The largest absolute Gasteiger partial charge is 0.333 e. The van der Waals surface area contributed by atoms with Gasteiger partial charge in [-0.2, -0.15) is 0 Å². The molecule has 1 amide bonds. The van der Waals surface area contributed by atoms with E-state index in [1.165, 1.54) is 0 Å². The molecule has 17 heavy (non-hydrogen) atoms. The van der Waals surface area contributed by atoms with Crippen molar-refractivity contribution in [3.05, 3.63) is 34.9 Å². The number of carbonyl (C=O) groups is 1.